The van der Waals surface area contributed by atoms with Crippen LogP contribution in [0.1, 0.15) is 50.8 Å². The van der Waals surface area contributed by atoms with Gasteiger partial charge >= 0.3 is 0 Å². The molecule has 1 unspecified atom stereocenters. The van der Waals surface area contributed by atoms with Gasteiger partial charge in [0, 0.05) is 43.6 Å². The zero-order valence-corrected chi connectivity index (χ0v) is 23.3. The summed E-state index contributed by atoms with van der Waals surface area (Å²) in [7, 11) is -0.221. The van der Waals surface area contributed by atoms with Crippen molar-refractivity contribution in [3.05, 3.63) is 46.7 Å². The van der Waals surface area contributed by atoms with Crippen molar-refractivity contribution in [1.29, 1.82) is 0 Å². The van der Waals surface area contributed by atoms with Crippen molar-refractivity contribution in [1.82, 2.24) is 9.97 Å². The van der Waals surface area contributed by atoms with Crippen molar-refractivity contribution in [3.8, 4) is 5.88 Å². The maximum atomic E-state index is 9.99. The summed E-state index contributed by atoms with van der Waals surface area (Å²) in [5.74, 6) is 1.26. The molecular weight excluding hydrogens is 482 g/mol. The lowest BCUT2D eigenvalue weighted by atomic mass is 10.1. The number of fused-ring (bicyclic) bond motifs is 1. The highest BCUT2D eigenvalue weighted by atomic mass is 35.5. The summed E-state index contributed by atoms with van der Waals surface area (Å²) in [4.78, 5) is 8.76. The van der Waals surface area contributed by atoms with E-state index in [1.165, 1.54) is 11.9 Å². The van der Waals surface area contributed by atoms with Gasteiger partial charge in [0.15, 0.2) is 8.32 Å². The normalized spacial score (nSPS) is 26.6. The van der Waals surface area contributed by atoms with Gasteiger partial charge in [0.25, 0.3) is 0 Å². The monoisotopic (exact) mass is 519 g/mol. The first-order valence-electron chi connectivity index (χ1n) is 12.4. The second-order valence-electron chi connectivity index (χ2n) is 11.3. The Kier molecular flexibility index (Phi) is 7.79. The van der Waals surface area contributed by atoms with E-state index in [0.717, 1.165) is 29.8 Å². The van der Waals surface area contributed by atoms with Crippen LogP contribution in [0.5, 0.6) is 5.88 Å². The van der Waals surface area contributed by atoms with Crippen LogP contribution in [0.4, 0.5) is 5.82 Å². The smallest absolute Gasteiger partial charge is 0.218 e. The van der Waals surface area contributed by atoms with E-state index in [1.54, 1.807) is 7.11 Å². The average molecular weight is 520 g/mol. The molecule has 0 spiro atoms. The van der Waals surface area contributed by atoms with Crippen LogP contribution in [0, 0.1) is 5.92 Å². The van der Waals surface area contributed by atoms with E-state index in [0.29, 0.717) is 11.7 Å². The fourth-order valence-electron chi connectivity index (χ4n) is 4.82. The molecule has 7 nitrogen and oxygen atoms in total. The minimum absolute atomic E-state index is 0.00500. The molecule has 35 heavy (non-hydrogen) atoms. The SMILES string of the molecule is CO[C@H]1Cc2cc(Cl)ccc2[C@H]1Nc1cc(O[C@H]2CC(O[Si](C)(C)C(C)(C)C)[C@H](CO)C2)ncn1. The first kappa shape index (κ1) is 26.4. The van der Waals surface area contributed by atoms with Crippen molar-refractivity contribution in [2.24, 2.45) is 5.92 Å². The van der Waals surface area contributed by atoms with Crippen LogP contribution in [0.25, 0.3) is 0 Å². The zero-order valence-electron chi connectivity index (χ0n) is 21.5. The van der Waals surface area contributed by atoms with Crippen LogP contribution >= 0.6 is 11.6 Å². The third-order valence-electron chi connectivity index (χ3n) is 7.84. The van der Waals surface area contributed by atoms with Crippen molar-refractivity contribution in [3.63, 3.8) is 0 Å². The largest absolute Gasteiger partial charge is 0.474 e. The molecule has 9 heteroatoms. The van der Waals surface area contributed by atoms with E-state index in [4.69, 9.17) is 25.5 Å². The molecular formula is C26H38ClN3O4Si. The quantitative estimate of drug-likeness (QED) is 0.452. The topological polar surface area (TPSA) is 85.7 Å². The predicted octanol–water partition coefficient (Wildman–Crippen LogP) is 5.39. The Balaban J connectivity index is 1.44. The fourth-order valence-corrected chi connectivity index (χ4v) is 6.41. The van der Waals surface area contributed by atoms with E-state index in [-0.39, 0.29) is 41.9 Å². The minimum atomic E-state index is -1.94. The van der Waals surface area contributed by atoms with Gasteiger partial charge in [-0.15, -0.1) is 0 Å². The fraction of sp³-hybridized carbons (Fsp3) is 0.615. The number of aromatic nitrogens is 2. The third-order valence-corrected chi connectivity index (χ3v) is 12.6. The molecule has 192 valence electrons. The molecule has 4 rings (SSSR count). The number of methoxy groups -OCH3 is 1. The molecule has 1 fully saturated rings. The van der Waals surface area contributed by atoms with E-state index in [2.05, 4.69) is 49.1 Å². The Morgan fingerprint density at radius 2 is 1.91 bits per heavy atom. The minimum Gasteiger partial charge on any atom is -0.474 e. The second-order valence-corrected chi connectivity index (χ2v) is 16.4. The van der Waals surface area contributed by atoms with Crippen LogP contribution in [0.2, 0.25) is 23.2 Å². The predicted molar refractivity (Wildman–Crippen MR) is 141 cm³/mol. The van der Waals surface area contributed by atoms with E-state index in [1.807, 2.05) is 24.3 Å². The molecule has 1 aromatic heterocycles. The van der Waals surface area contributed by atoms with E-state index < -0.39 is 8.32 Å². The molecule has 1 aromatic carbocycles. The van der Waals surface area contributed by atoms with Crippen molar-refractivity contribution >= 4 is 25.7 Å². The highest BCUT2D eigenvalue weighted by Crippen LogP contribution is 2.42. The summed E-state index contributed by atoms with van der Waals surface area (Å²) in [5, 5.41) is 14.3. The highest BCUT2D eigenvalue weighted by molar-refractivity contribution is 6.74. The van der Waals surface area contributed by atoms with Crippen molar-refractivity contribution in [2.75, 3.05) is 19.0 Å². The van der Waals surface area contributed by atoms with Crippen LogP contribution in [0.15, 0.2) is 30.6 Å². The van der Waals surface area contributed by atoms with Gasteiger partial charge in [-0.05, 0) is 47.8 Å². The maximum Gasteiger partial charge on any atom is 0.218 e. The third kappa shape index (κ3) is 5.83. The highest BCUT2D eigenvalue weighted by Gasteiger charge is 2.44. The number of aliphatic hydroxyl groups is 1. The maximum absolute atomic E-state index is 9.99. The number of nitrogens with one attached hydrogen (secondary N) is 1. The van der Waals surface area contributed by atoms with Gasteiger partial charge in [0.2, 0.25) is 5.88 Å². The summed E-state index contributed by atoms with van der Waals surface area (Å²) in [5.41, 5.74) is 2.34. The molecule has 2 aliphatic rings. The number of aliphatic hydroxyl groups excluding tert-OH is 1. The first-order valence-corrected chi connectivity index (χ1v) is 15.6. The number of halogens is 1. The molecule has 2 aliphatic carbocycles. The molecule has 0 radical (unpaired) electrons. The number of anilines is 1. The molecule has 1 saturated carbocycles. The number of hydrogen-bond acceptors (Lipinski definition) is 7. The average Bonchev–Trinajstić information content (AvgIpc) is 3.32. The summed E-state index contributed by atoms with van der Waals surface area (Å²) >= 11 is 6.19. The Morgan fingerprint density at radius 3 is 2.60 bits per heavy atom. The van der Waals surface area contributed by atoms with Gasteiger partial charge in [-0.2, -0.15) is 0 Å². The van der Waals surface area contributed by atoms with Gasteiger partial charge in [0.1, 0.15) is 18.2 Å². The van der Waals surface area contributed by atoms with Gasteiger partial charge in [-0.1, -0.05) is 38.4 Å². The molecule has 0 amide bonds. The first-order chi connectivity index (χ1) is 16.5. The summed E-state index contributed by atoms with van der Waals surface area (Å²) < 4.78 is 18.7. The summed E-state index contributed by atoms with van der Waals surface area (Å²) in [6.07, 6.45) is 3.70. The number of hydrogen-bond donors (Lipinski definition) is 2. The lowest BCUT2D eigenvalue weighted by Gasteiger charge is -2.39. The Bertz CT molecular complexity index is 1030. The number of ether oxygens (including phenoxy) is 2. The van der Waals surface area contributed by atoms with Gasteiger partial charge in [0.05, 0.1) is 18.2 Å². The van der Waals surface area contributed by atoms with Gasteiger partial charge in [-0.3, -0.25) is 0 Å². The van der Waals surface area contributed by atoms with Crippen LogP contribution in [-0.2, 0) is 15.6 Å². The van der Waals surface area contributed by atoms with E-state index in [9.17, 15) is 5.11 Å². The lowest BCUT2D eigenvalue weighted by molar-refractivity contribution is 0.0958. The molecule has 1 heterocycles. The molecule has 0 bridgehead atoms. The second kappa shape index (κ2) is 10.3. The van der Waals surface area contributed by atoms with Crippen LogP contribution < -0.4 is 10.1 Å². The van der Waals surface area contributed by atoms with Gasteiger partial charge < -0.3 is 24.3 Å². The zero-order chi connectivity index (χ0) is 25.4. The van der Waals surface area contributed by atoms with E-state index >= 15 is 0 Å². The number of benzene rings is 1. The molecule has 0 saturated heterocycles. The molecule has 0 aliphatic heterocycles. The Hall–Kier alpha value is -1.71. The summed E-state index contributed by atoms with van der Waals surface area (Å²) in [6.45, 7) is 11.3. The Morgan fingerprint density at radius 1 is 1.14 bits per heavy atom. The van der Waals surface area contributed by atoms with Crippen LogP contribution in [-0.4, -0.2) is 55.4 Å². The lowest BCUT2D eigenvalue weighted by Crippen LogP contribution is -2.45. The molecule has 5 atom stereocenters. The van der Waals surface area contributed by atoms with Gasteiger partial charge in [-0.25, -0.2) is 9.97 Å². The van der Waals surface area contributed by atoms with Crippen molar-refractivity contribution < 1.29 is 19.0 Å². The molecule has 2 aromatic rings. The summed E-state index contributed by atoms with van der Waals surface area (Å²) in [6, 6.07) is 7.74. The standard InChI is InChI=1S/C26H38ClN3O4Si/c1-26(2,3)35(5,6)34-21-12-19(10-17(21)14-31)33-24-13-23(28-15-29-24)30-25-20-8-7-18(27)9-16(20)11-22(25)32-4/h7-9,13,15,17,19,21-22,25,31H,10-12,14H2,1-6H3,(H,28,29,30)/t17-,19+,21?,22-,25+/m0/s1. The Labute approximate surface area is 214 Å². The number of nitrogens with zero attached hydrogens (tertiary/aromatic N) is 2. The number of rotatable bonds is 8. The molecule has 2 N–H and O–H groups in total. The van der Waals surface area contributed by atoms with Crippen LogP contribution in [0.3, 0.4) is 0 Å². The van der Waals surface area contributed by atoms with Crippen molar-refractivity contribution in [2.45, 2.75) is 82.5 Å².